The summed E-state index contributed by atoms with van der Waals surface area (Å²) in [6, 6.07) is 1.85. The highest BCUT2D eigenvalue weighted by molar-refractivity contribution is 7.09. The zero-order chi connectivity index (χ0) is 10.7. The quantitative estimate of drug-likeness (QED) is 0.895. The number of hydrogen-bond acceptors (Lipinski definition) is 4. The van der Waals surface area contributed by atoms with E-state index in [0.29, 0.717) is 11.6 Å². The summed E-state index contributed by atoms with van der Waals surface area (Å²) >= 11 is 7.60. The van der Waals surface area contributed by atoms with Crippen molar-refractivity contribution in [2.45, 2.75) is 13.5 Å². The number of aryl methyl sites for hydroxylation is 1. The summed E-state index contributed by atoms with van der Waals surface area (Å²) in [7, 11) is 0. The Bertz CT molecular complexity index is 455. The highest BCUT2D eigenvalue weighted by Crippen LogP contribution is 2.20. The zero-order valence-corrected chi connectivity index (χ0v) is 9.77. The summed E-state index contributed by atoms with van der Waals surface area (Å²) in [4.78, 5) is 8.27. The lowest BCUT2D eigenvalue weighted by atomic mass is 10.4. The van der Waals surface area contributed by atoms with Gasteiger partial charge in [-0.1, -0.05) is 11.6 Å². The predicted octanol–water partition coefficient (Wildman–Crippen LogP) is 3.11. The molecule has 0 radical (unpaired) electrons. The van der Waals surface area contributed by atoms with Gasteiger partial charge in [-0.25, -0.2) is 4.98 Å². The SMILES string of the molecule is Cc1nc(CNc2ccncc2Cl)cs1. The number of nitrogens with one attached hydrogen (secondary N) is 1. The Morgan fingerprint density at radius 1 is 1.53 bits per heavy atom. The van der Waals surface area contributed by atoms with E-state index in [9.17, 15) is 0 Å². The molecule has 0 bridgehead atoms. The molecule has 0 aromatic carbocycles. The highest BCUT2D eigenvalue weighted by Gasteiger charge is 2.01. The average Bonchev–Trinajstić information content (AvgIpc) is 2.63. The minimum absolute atomic E-state index is 0.629. The highest BCUT2D eigenvalue weighted by atomic mass is 35.5. The van der Waals surface area contributed by atoms with Gasteiger partial charge in [0.25, 0.3) is 0 Å². The predicted molar refractivity (Wildman–Crippen MR) is 63.4 cm³/mol. The normalized spacial score (nSPS) is 10.3. The molecule has 3 nitrogen and oxygen atoms in total. The molecule has 0 saturated carbocycles. The molecule has 0 unspecified atom stereocenters. The third-order valence-electron chi connectivity index (χ3n) is 1.90. The van der Waals surface area contributed by atoms with Crippen LogP contribution in [0.1, 0.15) is 10.7 Å². The first-order valence-corrected chi connectivity index (χ1v) is 5.76. The van der Waals surface area contributed by atoms with Gasteiger partial charge in [-0.2, -0.15) is 0 Å². The van der Waals surface area contributed by atoms with Gasteiger partial charge in [0.15, 0.2) is 0 Å². The van der Waals surface area contributed by atoms with Crippen molar-refractivity contribution in [1.82, 2.24) is 9.97 Å². The lowest BCUT2D eigenvalue weighted by Gasteiger charge is -2.05. The fourth-order valence-electron chi connectivity index (χ4n) is 1.19. The van der Waals surface area contributed by atoms with Gasteiger partial charge in [-0.05, 0) is 13.0 Å². The van der Waals surface area contributed by atoms with Gasteiger partial charge in [-0.15, -0.1) is 11.3 Å². The van der Waals surface area contributed by atoms with E-state index >= 15 is 0 Å². The van der Waals surface area contributed by atoms with Gasteiger partial charge in [0.05, 0.1) is 28.0 Å². The van der Waals surface area contributed by atoms with E-state index in [4.69, 9.17) is 11.6 Å². The van der Waals surface area contributed by atoms with Crippen LogP contribution in [0.15, 0.2) is 23.8 Å². The molecule has 0 aliphatic carbocycles. The van der Waals surface area contributed by atoms with Crippen molar-refractivity contribution in [1.29, 1.82) is 0 Å². The van der Waals surface area contributed by atoms with Crippen LogP contribution in [0.4, 0.5) is 5.69 Å². The number of thiazole rings is 1. The van der Waals surface area contributed by atoms with Crippen LogP contribution in [0.5, 0.6) is 0 Å². The molecule has 0 fully saturated rings. The lowest BCUT2D eigenvalue weighted by molar-refractivity contribution is 1.05. The molecule has 0 amide bonds. The standard InChI is InChI=1S/C10H10ClN3S/c1-7-14-8(6-15-7)4-13-10-2-3-12-5-9(10)11/h2-3,5-6H,4H2,1H3,(H,12,13). The summed E-state index contributed by atoms with van der Waals surface area (Å²) in [5.41, 5.74) is 1.92. The van der Waals surface area contributed by atoms with E-state index in [1.165, 1.54) is 0 Å². The van der Waals surface area contributed by atoms with Crippen LogP contribution in [0.25, 0.3) is 0 Å². The van der Waals surface area contributed by atoms with Crippen LogP contribution in [0.3, 0.4) is 0 Å². The Balaban J connectivity index is 2.02. The first-order chi connectivity index (χ1) is 7.25. The molecule has 0 aliphatic heterocycles. The molecule has 2 aromatic rings. The van der Waals surface area contributed by atoms with Gasteiger partial charge < -0.3 is 5.32 Å². The molecular formula is C10H10ClN3S. The Kier molecular flexibility index (Phi) is 3.18. The number of anilines is 1. The van der Waals surface area contributed by atoms with Crippen LogP contribution in [-0.2, 0) is 6.54 Å². The van der Waals surface area contributed by atoms with Crippen LogP contribution in [-0.4, -0.2) is 9.97 Å². The maximum Gasteiger partial charge on any atom is 0.0898 e. The van der Waals surface area contributed by atoms with Gasteiger partial charge in [0, 0.05) is 17.8 Å². The molecule has 1 N–H and O–H groups in total. The summed E-state index contributed by atoms with van der Waals surface area (Å²) < 4.78 is 0. The Hall–Kier alpha value is -1.13. The molecular weight excluding hydrogens is 230 g/mol. The number of pyridine rings is 1. The number of hydrogen-bond donors (Lipinski definition) is 1. The first kappa shape index (κ1) is 10.4. The van der Waals surface area contributed by atoms with E-state index in [1.807, 2.05) is 18.4 Å². The summed E-state index contributed by atoms with van der Waals surface area (Å²) in [5.74, 6) is 0. The third-order valence-corrected chi connectivity index (χ3v) is 3.02. The number of halogens is 1. The van der Waals surface area contributed by atoms with Crippen molar-refractivity contribution in [3.05, 3.63) is 39.6 Å². The Morgan fingerprint density at radius 2 is 2.40 bits per heavy atom. The topological polar surface area (TPSA) is 37.8 Å². The van der Waals surface area contributed by atoms with E-state index in [2.05, 4.69) is 15.3 Å². The van der Waals surface area contributed by atoms with Crippen molar-refractivity contribution >= 4 is 28.6 Å². The maximum atomic E-state index is 5.95. The van der Waals surface area contributed by atoms with Gasteiger partial charge in [-0.3, -0.25) is 4.98 Å². The van der Waals surface area contributed by atoms with Crippen LogP contribution >= 0.6 is 22.9 Å². The van der Waals surface area contributed by atoms with Crippen molar-refractivity contribution in [3.63, 3.8) is 0 Å². The van der Waals surface area contributed by atoms with Crippen molar-refractivity contribution in [3.8, 4) is 0 Å². The molecule has 15 heavy (non-hydrogen) atoms. The molecule has 0 spiro atoms. The lowest BCUT2D eigenvalue weighted by Crippen LogP contribution is -2.00. The molecule has 2 heterocycles. The molecule has 0 aliphatic rings. The summed E-state index contributed by atoms with van der Waals surface area (Å²) in [5, 5.41) is 6.96. The van der Waals surface area contributed by atoms with Gasteiger partial charge in [0.2, 0.25) is 0 Å². The van der Waals surface area contributed by atoms with Crippen LogP contribution < -0.4 is 5.32 Å². The second-order valence-corrected chi connectivity index (χ2v) is 4.54. The van der Waals surface area contributed by atoms with E-state index in [0.717, 1.165) is 16.4 Å². The van der Waals surface area contributed by atoms with Crippen molar-refractivity contribution in [2.24, 2.45) is 0 Å². The maximum absolute atomic E-state index is 5.95. The largest absolute Gasteiger partial charge is 0.378 e. The fourth-order valence-corrected chi connectivity index (χ4v) is 1.99. The monoisotopic (exact) mass is 239 g/mol. The summed E-state index contributed by atoms with van der Waals surface area (Å²) in [6.07, 6.45) is 3.33. The Morgan fingerprint density at radius 3 is 3.07 bits per heavy atom. The van der Waals surface area contributed by atoms with Crippen LogP contribution in [0, 0.1) is 6.92 Å². The second kappa shape index (κ2) is 4.59. The van der Waals surface area contributed by atoms with Gasteiger partial charge in [0.1, 0.15) is 0 Å². The number of nitrogens with zero attached hydrogens (tertiary/aromatic N) is 2. The molecule has 2 rings (SSSR count). The minimum atomic E-state index is 0.629. The summed E-state index contributed by atoms with van der Waals surface area (Å²) in [6.45, 7) is 2.68. The number of rotatable bonds is 3. The first-order valence-electron chi connectivity index (χ1n) is 4.50. The number of aromatic nitrogens is 2. The molecule has 78 valence electrons. The average molecular weight is 240 g/mol. The third kappa shape index (κ3) is 2.67. The van der Waals surface area contributed by atoms with Crippen molar-refractivity contribution < 1.29 is 0 Å². The molecule has 0 saturated heterocycles. The minimum Gasteiger partial charge on any atom is -0.378 e. The second-order valence-electron chi connectivity index (χ2n) is 3.07. The zero-order valence-electron chi connectivity index (χ0n) is 8.20. The molecule has 5 heteroatoms. The molecule has 2 aromatic heterocycles. The van der Waals surface area contributed by atoms with Crippen molar-refractivity contribution in [2.75, 3.05) is 5.32 Å². The molecule has 0 atom stereocenters. The van der Waals surface area contributed by atoms with E-state index in [1.54, 1.807) is 23.7 Å². The fraction of sp³-hybridized carbons (Fsp3) is 0.200. The van der Waals surface area contributed by atoms with Gasteiger partial charge >= 0.3 is 0 Å². The van der Waals surface area contributed by atoms with E-state index in [-0.39, 0.29) is 0 Å². The smallest absolute Gasteiger partial charge is 0.0898 e. The van der Waals surface area contributed by atoms with Crippen LogP contribution in [0.2, 0.25) is 5.02 Å². The Labute approximate surface area is 97.2 Å². The van der Waals surface area contributed by atoms with E-state index < -0.39 is 0 Å².